The first-order valence-electron chi connectivity index (χ1n) is 5.92. The van der Waals surface area contributed by atoms with E-state index in [0.717, 1.165) is 12.5 Å². The van der Waals surface area contributed by atoms with Crippen LogP contribution in [0.3, 0.4) is 0 Å². The molecule has 1 aliphatic carbocycles. The van der Waals surface area contributed by atoms with E-state index in [1.807, 2.05) is 0 Å². The molecule has 1 heterocycles. The molecule has 82 valence electrons. The summed E-state index contributed by atoms with van der Waals surface area (Å²) >= 11 is 0. The molecule has 0 aromatic heterocycles. The first-order chi connectivity index (χ1) is 6.42. The molecule has 2 aliphatic rings. The summed E-state index contributed by atoms with van der Waals surface area (Å²) in [5.41, 5.74) is 0.726. The predicted octanol–water partition coefficient (Wildman–Crippen LogP) is 1.86. The molecule has 0 spiro atoms. The highest BCUT2D eigenvalue weighted by Gasteiger charge is 2.44. The lowest BCUT2D eigenvalue weighted by molar-refractivity contribution is 0.0435. The van der Waals surface area contributed by atoms with Crippen LogP contribution in [0, 0.1) is 5.92 Å². The summed E-state index contributed by atoms with van der Waals surface area (Å²) in [6, 6.07) is 0. The molecule has 1 N–H and O–H groups in total. The van der Waals surface area contributed by atoms with Crippen molar-refractivity contribution in [1.29, 1.82) is 0 Å². The van der Waals surface area contributed by atoms with Crippen LogP contribution in [0.25, 0.3) is 0 Å². The van der Waals surface area contributed by atoms with Gasteiger partial charge in [-0.3, -0.25) is 4.90 Å². The average molecular weight is 196 g/mol. The highest BCUT2D eigenvalue weighted by Crippen LogP contribution is 2.43. The van der Waals surface area contributed by atoms with Crippen molar-refractivity contribution < 1.29 is 0 Å². The number of rotatable bonds is 2. The minimum absolute atomic E-state index is 0.296. The second kappa shape index (κ2) is 3.21. The Morgan fingerprint density at radius 2 is 1.93 bits per heavy atom. The minimum atomic E-state index is 0.296. The molecule has 2 rings (SSSR count). The van der Waals surface area contributed by atoms with Gasteiger partial charge in [0.1, 0.15) is 0 Å². The molecule has 0 amide bonds. The van der Waals surface area contributed by atoms with Crippen LogP contribution < -0.4 is 5.32 Å². The molecule has 1 saturated heterocycles. The number of nitrogens with one attached hydrogen (secondary N) is 1. The van der Waals surface area contributed by atoms with Gasteiger partial charge in [-0.15, -0.1) is 0 Å². The lowest BCUT2D eigenvalue weighted by atomic mass is 9.91. The zero-order valence-electron chi connectivity index (χ0n) is 10.1. The normalized spacial score (nSPS) is 29.1. The topological polar surface area (TPSA) is 15.3 Å². The van der Waals surface area contributed by atoms with Crippen molar-refractivity contribution >= 4 is 0 Å². The standard InChI is InChI=1S/C12H24N2/c1-11(2)9-14(8-7-13-11)12(3,4)10-5-6-10/h10,13H,5-9H2,1-4H3. The van der Waals surface area contributed by atoms with Gasteiger partial charge in [0, 0.05) is 30.7 Å². The molecule has 14 heavy (non-hydrogen) atoms. The van der Waals surface area contributed by atoms with Crippen LogP contribution in [0.1, 0.15) is 40.5 Å². The smallest absolute Gasteiger partial charge is 0.0252 e. The predicted molar refractivity (Wildman–Crippen MR) is 60.5 cm³/mol. The second-order valence-electron chi connectivity index (χ2n) is 6.16. The van der Waals surface area contributed by atoms with E-state index in [9.17, 15) is 0 Å². The Morgan fingerprint density at radius 3 is 2.43 bits per heavy atom. The van der Waals surface area contributed by atoms with Crippen molar-refractivity contribution in [1.82, 2.24) is 10.2 Å². The van der Waals surface area contributed by atoms with Gasteiger partial charge in [-0.25, -0.2) is 0 Å². The molecule has 0 aromatic rings. The summed E-state index contributed by atoms with van der Waals surface area (Å²) in [5.74, 6) is 0.955. The lowest BCUT2D eigenvalue weighted by Gasteiger charge is -2.47. The quantitative estimate of drug-likeness (QED) is 0.725. The SMILES string of the molecule is CC1(C)CN(C(C)(C)C2CC2)CCN1. The van der Waals surface area contributed by atoms with Crippen LogP contribution in [0.2, 0.25) is 0 Å². The summed E-state index contributed by atoms with van der Waals surface area (Å²) in [6.07, 6.45) is 2.88. The van der Waals surface area contributed by atoms with Gasteiger partial charge in [0.2, 0.25) is 0 Å². The van der Waals surface area contributed by atoms with E-state index in [1.165, 1.54) is 25.9 Å². The number of piperazine rings is 1. The van der Waals surface area contributed by atoms with Gasteiger partial charge in [-0.1, -0.05) is 0 Å². The van der Waals surface area contributed by atoms with Gasteiger partial charge in [0.05, 0.1) is 0 Å². The van der Waals surface area contributed by atoms with E-state index in [1.54, 1.807) is 0 Å². The van der Waals surface area contributed by atoms with E-state index in [4.69, 9.17) is 0 Å². The third-order valence-electron chi connectivity index (χ3n) is 3.96. The maximum Gasteiger partial charge on any atom is 0.0252 e. The highest BCUT2D eigenvalue weighted by molar-refractivity contribution is 5.00. The Labute approximate surface area is 88.1 Å². The third-order valence-corrected chi connectivity index (χ3v) is 3.96. The number of hydrogen-bond donors (Lipinski definition) is 1. The molecule has 0 atom stereocenters. The second-order valence-corrected chi connectivity index (χ2v) is 6.16. The van der Waals surface area contributed by atoms with Crippen molar-refractivity contribution in [2.75, 3.05) is 19.6 Å². The fourth-order valence-electron chi connectivity index (χ4n) is 2.68. The van der Waals surface area contributed by atoms with E-state index in [2.05, 4.69) is 37.9 Å². The molecule has 0 unspecified atom stereocenters. The summed E-state index contributed by atoms with van der Waals surface area (Å²) in [5, 5.41) is 3.58. The van der Waals surface area contributed by atoms with Crippen LogP contribution in [0.4, 0.5) is 0 Å². The Bertz CT molecular complexity index is 216. The average Bonchev–Trinajstić information content (AvgIpc) is 2.84. The Kier molecular flexibility index (Phi) is 2.39. The molecule has 1 aliphatic heterocycles. The van der Waals surface area contributed by atoms with E-state index in [-0.39, 0.29) is 0 Å². The Morgan fingerprint density at radius 1 is 1.29 bits per heavy atom. The molecule has 0 bridgehead atoms. The molecular formula is C12H24N2. The van der Waals surface area contributed by atoms with Crippen LogP contribution in [-0.2, 0) is 0 Å². The summed E-state index contributed by atoms with van der Waals surface area (Å²) in [6.45, 7) is 13.0. The van der Waals surface area contributed by atoms with Gasteiger partial charge >= 0.3 is 0 Å². The van der Waals surface area contributed by atoms with Gasteiger partial charge in [-0.2, -0.15) is 0 Å². The monoisotopic (exact) mass is 196 g/mol. The highest BCUT2D eigenvalue weighted by atomic mass is 15.3. The van der Waals surface area contributed by atoms with Crippen molar-refractivity contribution in [3.63, 3.8) is 0 Å². The van der Waals surface area contributed by atoms with Crippen LogP contribution in [0.15, 0.2) is 0 Å². The minimum Gasteiger partial charge on any atom is -0.309 e. The van der Waals surface area contributed by atoms with E-state index in [0.29, 0.717) is 11.1 Å². The summed E-state index contributed by atoms with van der Waals surface area (Å²) in [4.78, 5) is 2.68. The maximum atomic E-state index is 3.58. The van der Waals surface area contributed by atoms with Crippen LogP contribution in [-0.4, -0.2) is 35.6 Å². The van der Waals surface area contributed by atoms with Gasteiger partial charge in [0.15, 0.2) is 0 Å². The lowest BCUT2D eigenvalue weighted by Crippen LogP contribution is -2.62. The fraction of sp³-hybridized carbons (Fsp3) is 1.00. The largest absolute Gasteiger partial charge is 0.309 e. The van der Waals surface area contributed by atoms with Crippen molar-refractivity contribution in [3.8, 4) is 0 Å². The van der Waals surface area contributed by atoms with Gasteiger partial charge in [0.25, 0.3) is 0 Å². The number of hydrogen-bond acceptors (Lipinski definition) is 2. The molecular weight excluding hydrogens is 172 g/mol. The third kappa shape index (κ3) is 1.96. The molecule has 2 heteroatoms. The zero-order valence-corrected chi connectivity index (χ0v) is 10.1. The maximum absolute atomic E-state index is 3.58. The Balaban J connectivity index is 2.03. The zero-order chi connectivity index (χ0) is 10.4. The molecule has 0 radical (unpaired) electrons. The van der Waals surface area contributed by atoms with Crippen molar-refractivity contribution in [2.24, 2.45) is 5.92 Å². The van der Waals surface area contributed by atoms with Crippen LogP contribution in [0.5, 0.6) is 0 Å². The fourth-order valence-corrected chi connectivity index (χ4v) is 2.68. The van der Waals surface area contributed by atoms with Gasteiger partial charge in [-0.05, 0) is 46.5 Å². The molecule has 0 aromatic carbocycles. The van der Waals surface area contributed by atoms with Crippen molar-refractivity contribution in [2.45, 2.75) is 51.6 Å². The number of nitrogens with zero attached hydrogens (tertiary/aromatic N) is 1. The summed E-state index contributed by atoms with van der Waals surface area (Å²) < 4.78 is 0. The molecule has 2 nitrogen and oxygen atoms in total. The first-order valence-corrected chi connectivity index (χ1v) is 5.92. The summed E-state index contributed by atoms with van der Waals surface area (Å²) in [7, 11) is 0. The van der Waals surface area contributed by atoms with Gasteiger partial charge < -0.3 is 5.32 Å². The first kappa shape index (κ1) is 10.4. The van der Waals surface area contributed by atoms with Crippen LogP contribution >= 0.6 is 0 Å². The van der Waals surface area contributed by atoms with E-state index >= 15 is 0 Å². The Hall–Kier alpha value is -0.0800. The molecule has 1 saturated carbocycles. The van der Waals surface area contributed by atoms with E-state index < -0.39 is 0 Å². The van der Waals surface area contributed by atoms with Crippen molar-refractivity contribution in [3.05, 3.63) is 0 Å². The molecule has 2 fully saturated rings.